The Labute approximate surface area is 218 Å². The maximum atomic E-state index is 13.4. The third kappa shape index (κ3) is 5.59. The second-order valence-corrected chi connectivity index (χ2v) is 9.04. The number of rotatable bonds is 8. The van der Waals surface area contributed by atoms with Crippen LogP contribution in [0.3, 0.4) is 0 Å². The molecule has 1 aromatic heterocycles. The lowest BCUT2D eigenvalue weighted by Crippen LogP contribution is -2.43. The van der Waals surface area contributed by atoms with Crippen molar-refractivity contribution in [2.75, 3.05) is 7.11 Å². The number of carbonyl (C=O) groups is 3. The first-order valence-corrected chi connectivity index (χ1v) is 11.8. The average molecular weight is 521 g/mol. The van der Waals surface area contributed by atoms with Crippen molar-refractivity contribution in [1.29, 1.82) is 0 Å². The molecule has 1 amide bonds. The van der Waals surface area contributed by atoms with Gasteiger partial charge >= 0.3 is 5.97 Å². The zero-order chi connectivity index (χ0) is 26.7. The van der Waals surface area contributed by atoms with Crippen molar-refractivity contribution in [3.63, 3.8) is 0 Å². The molecule has 0 spiro atoms. The summed E-state index contributed by atoms with van der Waals surface area (Å²) in [7, 11) is 1.52. The van der Waals surface area contributed by atoms with Gasteiger partial charge in [-0.2, -0.15) is 0 Å². The van der Waals surface area contributed by atoms with E-state index in [-0.39, 0.29) is 24.5 Å². The summed E-state index contributed by atoms with van der Waals surface area (Å²) < 4.78 is 6.89. The average Bonchev–Trinajstić information content (AvgIpc) is 3.15. The Morgan fingerprint density at radius 2 is 1.70 bits per heavy atom. The SMILES string of the molecule is COc1ccc2c(c1)c(CC(=O)N[C@@H](Cc1ccc(O)cc1)C(=O)O)c(C)n2C(=O)c1ccc(Cl)cc1. The van der Waals surface area contributed by atoms with Crippen molar-refractivity contribution >= 4 is 40.3 Å². The Kier molecular flexibility index (Phi) is 7.50. The molecule has 0 aliphatic rings. The van der Waals surface area contributed by atoms with Gasteiger partial charge in [-0.05, 0) is 72.6 Å². The van der Waals surface area contributed by atoms with Crippen molar-refractivity contribution in [3.8, 4) is 11.5 Å². The van der Waals surface area contributed by atoms with Crippen LogP contribution in [0.2, 0.25) is 5.02 Å². The van der Waals surface area contributed by atoms with E-state index in [4.69, 9.17) is 16.3 Å². The molecule has 4 aromatic rings. The number of aliphatic carboxylic acids is 1. The summed E-state index contributed by atoms with van der Waals surface area (Å²) >= 11 is 5.98. The number of carboxylic acids is 1. The number of ether oxygens (including phenoxy) is 1. The number of aromatic hydroxyl groups is 1. The van der Waals surface area contributed by atoms with Crippen LogP contribution in [-0.2, 0) is 22.4 Å². The Morgan fingerprint density at radius 1 is 1.03 bits per heavy atom. The lowest BCUT2D eigenvalue weighted by Gasteiger charge is -2.15. The lowest BCUT2D eigenvalue weighted by molar-refractivity contribution is -0.141. The van der Waals surface area contributed by atoms with E-state index in [2.05, 4.69) is 5.32 Å². The summed E-state index contributed by atoms with van der Waals surface area (Å²) in [6, 6.07) is 16.7. The van der Waals surface area contributed by atoms with Gasteiger partial charge in [0.2, 0.25) is 5.91 Å². The molecule has 3 N–H and O–H groups in total. The van der Waals surface area contributed by atoms with Crippen molar-refractivity contribution in [2.45, 2.75) is 25.8 Å². The minimum Gasteiger partial charge on any atom is -0.508 e. The van der Waals surface area contributed by atoms with E-state index in [1.54, 1.807) is 61.5 Å². The fourth-order valence-electron chi connectivity index (χ4n) is 4.27. The lowest BCUT2D eigenvalue weighted by atomic mass is 10.0. The topological polar surface area (TPSA) is 118 Å². The van der Waals surface area contributed by atoms with Gasteiger partial charge in [0.05, 0.1) is 19.0 Å². The van der Waals surface area contributed by atoms with E-state index >= 15 is 0 Å². The van der Waals surface area contributed by atoms with Gasteiger partial charge in [-0.3, -0.25) is 14.2 Å². The summed E-state index contributed by atoms with van der Waals surface area (Å²) in [5, 5.41) is 22.9. The number of halogens is 1. The number of amides is 1. The molecule has 0 saturated heterocycles. The van der Waals surface area contributed by atoms with Crippen molar-refractivity contribution < 1.29 is 29.3 Å². The molecular weight excluding hydrogens is 496 g/mol. The Hall–Kier alpha value is -4.30. The highest BCUT2D eigenvalue weighted by molar-refractivity contribution is 6.30. The number of benzene rings is 3. The number of methoxy groups -OCH3 is 1. The number of nitrogens with one attached hydrogen (secondary N) is 1. The second-order valence-electron chi connectivity index (χ2n) is 8.60. The Balaban J connectivity index is 1.66. The van der Waals surface area contributed by atoms with E-state index in [1.165, 1.54) is 23.8 Å². The van der Waals surface area contributed by atoms with Crippen molar-refractivity contribution in [2.24, 2.45) is 0 Å². The zero-order valence-corrected chi connectivity index (χ0v) is 21.0. The van der Waals surface area contributed by atoms with Crippen molar-refractivity contribution in [1.82, 2.24) is 9.88 Å². The van der Waals surface area contributed by atoms with Crippen LogP contribution in [0.5, 0.6) is 11.5 Å². The van der Waals surface area contributed by atoms with E-state index in [9.17, 15) is 24.6 Å². The smallest absolute Gasteiger partial charge is 0.326 e. The van der Waals surface area contributed by atoms with Crippen molar-refractivity contribution in [3.05, 3.63) is 94.1 Å². The number of fused-ring (bicyclic) bond motifs is 1. The Morgan fingerprint density at radius 3 is 2.32 bits per heavy atom. The van der Waals surface area contributed by atoms with E-state index in [0.717, 1.165) is 0 Å². The standard InChI is InChI=1S/C28H25ClN2O6/c1-16-22(15-26(33)30-24(28(35)36)13-17-3-9-20(32)10-4-17)23-14-21(37-2)11-12-25(23)31(16)27(34)18-5-7-19(29)8-6-18/h3-12,14,24,32H,13,15H2,1-2H3,(H,30,33)(H,35,36)/t24-/m0/s1. The van der Waals surface area contributed by atoms with Gasteiger partial charge < -0.3 is 20.3 Å². The largest absolute Gasteiger partial charge is 0.508 e. The number of hydrogen-bond acceptors (Lipinski definition) is 5. The van der Waals surface area contributed by atoms with Gasteiger partial charge in [-0.1, -0.05) is 23.7 Å². The summed E-state index contributed by atoms with van der Waals surface area (Å²) in [6.45, 7) is 1.74. The maximum absolute atomic E-state index is 13.4. The number of phenols is 1. The normalized spacial score (nSPS) is 11.8. The molecule has 9 heteroatoms. The highest BCUT2D eigenvalue weighted by Crippen LogP contribution is 2.31. The molecule has 4 rings (SSSR count). The third-order valence-electron chi connectivity index (χ3n) is 6.18. The summed E-state index contributed by atoms with van der Waals surface area (Å²) in [4.78, 5) is 38.3. The summed E-state index contributed by atoms with van der Waals surface area (Å²) in [5.41, 5.74) is 2.82. The monoisotopic (exact) mass is 520 g/mol. The highest BCUT2D eigenvalue weighted by Gasteiger charge is 2.25. The molecule has 1 atom stereocenters. The van der Waals surface area contributed by atoms with Gasteiger partial charge in [0.25, 0.3) is 5.91 Å². The molecule has 0 aliphatic carbocycles. The van der Waals surface area contributed by atoms with E-state index < -0.39 is 17.9 Å². The fourth-order valence-corrected chi connectivity index (χ4v) is 4.40. The van der Waals surface area contributed by atoms with Gasteiger partial charge in [-0.15, -0.1) is 0 Å². The van der Waals surface area contributed by atoms with Crippen LogP contribution in [0.15, 0.2) is 66.7 Å². The molecule has 0 fully saturated rings. The molecule has 37 heavy (non-hydrogen) atoms. The van der Waals surface area contributed by atoms with Crippen LogP contribution in [0.4, 0.5) is 0 Å². The van der Waals surface area contributed by atoms with Crippen LogP contribution in [0.1, 0.15) is 27.2 Å². The van der Waals surface area contributed by atoms with Gasteiger partial charge in [0.1, 0.15) is 17.5 Å². The number of carbonyl (C=O) groups excluding carboxylic acids is 2. The predicted molar refractivity (Wildman–Crippen MR) is 139 cm³/mol. The molecular formula is C28H25ClN2O6. The summed E-state index contributed by atoms with van der Waals surface area (Å²) in [5.74, 6) is -1.35. The van der Waals surface area contributed by atoms with Crippen LogP contribution < -0.4 is 10.1 Å². The molecule has 190 valence electrons. The first-order chi connectivity index (χ1) is 17.7. The maximum Gasteiger partial charge on any atom is 0.326 e. The first kappa shape index (κ1) is 25.8. The molecule has 8 nitrogen and oxygen atoms in total. The Bertz CT molecular complexity index is 1480. The number of nitrogens with zero attached hydrogens (tertiary/aromatic N) is 1. The molecule has 3 aromatic carbocycles. The zero-order valence-electron chi connectivity index (χ0n) is 20.2. The molecule has 0 saturated carbocycles. The minimum atomic E-state index is -1.18. The van der Waals surface area contributed by atoms with Gasteiger partial charge in [-0.25, -0.2) is 4.79 Å². The first-order valence-electron chi connectivity index (χ1n) is 11.5. The number of hydrogen-bond donors (Lipinski definition) is 3. The number of phenolic OH excluding ortho intramolecular Hbond substituents is 1. The molecule has 0 bridgehead atoms. The molecule has 0 unspecified atom stereocenters. The second kappa shape index (κ2) is 10.8. The van der Waals surface area contributed by atoms with Gasteiger partial charge in [0.15, 0.2) is 0 Å². The fraction of sp³-hybridized carbons (Fsp3) is 0.179. The van der Waals surface area contributed by atoms with Crippen LogP contribution in [0, 0.1) is 6.92 Å². The molecule has 1 heterocycles. The number of carboxylic acid groups (broad SMARTS) is 1. The van der Waals surface area contributed by atoms with Gasteiger partial charge in [0, 0.05) is 28.1 Å². The predicted octanol–water partition coefficient (Wildman–Crippen LogP) is 4.36. The van der Waals surface area contributed by atoms with Crippen LogP contribution >= 0.6 is 11.6 Å². The van der Waals surface area contributed by atoms with E-state index in [1.807, 2.05) is 0 Å². The van der Waals surface area contributed by atoms with Crippen LogP contribution in [-0.4, -0.2) is 45.7 Å². The van der Waals surface area contributed by atoms with E-state index in [0.29, 0.717) is 44.1 Å². The minimum absolute atomic E-state index is 0.0466. The number of aromatic nitrogens is 1. The highest BCUT2D eigenvalue weighted by atomic mass is 35.5. The summed E-state index contributed by atoms with van der Waals surface area (Å²) in [6.07, 6.45) is -0.0965. The quantitative estimate of drug-likeness (QED) is 0.318. The van der Waals surface area contributed by atoms with Crippen LogP contribution in [0.25, 0.3) is 10.9 Å². The molecule has 0 radical (unpaired) electrons. The molecule has 0 aliphatic heterocycles. The third-order valence-corrected chi connectivity index (χ3v) is 6.43.